The van der Waals surface area contributed by atoms with E-state index in [2.05, 4.69) is 12.2 Å². The molecule has 1 heterocycles. The molecule has 1 fully saturated rings. The first-order valence-corrected chi connectivity index (χ1v) is 6.81. The fraction of sp³-hybridized carbons (Fsp3) is 0.857. The number of likely N-dealkylation sites (tertiary alicyclic amines) is 1. The van der Waals surface area contributed by atoms with E-state index in [1.54, 1.807) is 6.92 Å². The minimum Gasteiger partial charge on any atom is -0.344 e. The average Bonchev–Trinajstić information content (AvgIpc) is 2.26. The SMILES string of the molecule is CC1CCCN(C(=O)C(C)NC(=O)C(C)(C)C)C1. The molecule has 0 aromatic rings. The van der Waals surface area contributed by atoms with E-state index in [9.17, 15) is 9.59 Å². The number of amides is 2. The first-order chi connectivity index (χ1) is 8.21. The quantitative estimate of drug-likeness (QED) is 0.817. The molecule has 1 rings (SSSR count). The van der Waals surface area contributed by atoms with Gasteiger partial charge in [0, 0.05) is 18.5 Å². The van der Waals surface area contributed by atoms with Gasteiger partial charge < -0.3 is 10.2 Å². The van der Waals surface area contributed by atoms with Crippen molar-refractivity contribution < 1.29 is 9.59 Å². The number of hydrogen-bond donors (Lipinski definition) is 1. The van der Waals surface area contributed by atoms with Gasteiger partial charge in [0.1, 0.15) is 6.04 Å². The van der Waals surface area contributed by atoms with Crippen molar-refractivity contribution in [1.82, 2.24) is 10.2 Å². The van der Waals surface area contributed by atoms with Crippen molar-refractivity contribution in [2.45, 2.75) is 53.5 Å². The molecule has 18 heavy (non-hydrogen) atoms. The number of rotatable bonds is 2. The van der Waals surface area contributed by atoms with Crippen LogP contribution in [0.15, 0.2) is 0 Å². The maximum Gasteiger partial charge on any atom is 0.244 e. The standard InChI is InChI=1S/C14H26N2O2/c1-10-7-6-8-16(9-10)12(17)11(2)15-13(18)14(3,4)5/h10-11H,6-9H2,1-5H3,(H,15,18). The molecular weight excluding hydrogens is 228 g/mol. The lowest BCUT2D eigenvalue weighted by Crippen LogP contribution is -2.51. The van der Waals surface area contributed by atoms with Gasteiger partial charge in [0.25, 0.3) is 0 Å². The fourth-order valence-corrected chi connectivity index (χ4v) is 2.14. The zero-order valence-corrected chi connectivity index (χ0v) is 12.2. The summed E-state index contributed by atoms with van der Waals surface area (Å²) in [6, 6.07) is -0.429. The Labute approximate surface area is 110 Å². The predicted molar refractivity (Wildman–Crippen MR) is 72.0 cm³/mol. The summed E-state index contributed by atoms with van der Waals surface area (Å²) >= 11 is 0. The van der Waals surface area contributed by atoms with Crippen molar-refractivity contribution in [3.63, 3.8) is 0 Å². The summed E-state index contributed by atoms with van der Waals surface area (Å²) in [4.78, 5) is 25.9. The molecule has 0 saturated carbocycles. The van der Waals surface area contributed by atoms with E-state index in [0.29, 0.717) is 5.92 Å². The van der Waals surface area contributed by atoms with E-state index in [0.717, 1.165) is 19.5 Å². The number of piperidine rings is 1. The van der Waals surface area contributed by atoms with Gasteiger partial charge in [-0.1, -0.05) is 27.7 Å². The van der Waals surface area contributed by atoms with Crippen LogP contribution < -0.4 is 5.32 Å². The molecule has 4 heteroatoms. The number of hydrogen-bond acceptors (Lipinski definition) is 2. The number of nitrogens with zero attached hydrogens (tertiary/aromatic N) is 1. The van der Waals surface area contributed by atoms with Gasteiger partial charge >= 0.3 is 0 Å². The topological polar surface area (TPSA) is 49.4 Å². The van der Waals surface area contributed by atoms with Crippen molar-refractivity contribution in [2.75, 3.05) is 13.1 Å². The monoisotopic (exact) mass is 254 g/mol. The molecule has 1 aliphatic rings. The van der Waals surface area contributed by atoms with Crippen molar-refractivity contribution in [1.29, 1.82) is 0 Å². The van der Waals surface area contributed by atoms with Crippen molar-refractivity contribution in [3.05, 3.63) is 0 Å². The van der Waals surface area contributed by atoms with E-state index in [1.165, 1.54) is 6.42 Å². The fourth-order valence-electron chi connectivity index (χ4n) is 2.14. The lowest BCUT2D eigenvalue weighted by molar-refractivity contribution is -0.139. The Bertz CT molecular complexity index is 320. The van der Waals surface area contributed by atoms with E-state index in [-0.39, 0.29) is 11.8 Å². The van der Waals surface area contributed by atoms with Crippen LogP contribution in [0, 0.1) is 11.3 Å². The summed E-state index contributed by atoms with van der Waals surface area (Å²) in [7, 11) is 0. The number of nitrogens with one attached hydrogen (secondary N) is 1. The highest BCUT2D eigenvalue weighted by atomic mass is 16.2. The normalized spacial score (nSPS) is 22.5. The largest absolute Gasteiger partial charge is 0.344 e. The lowest BCUT2D eigenvalue weighted by atomic mass is 9.95. The smallest absolute Gasteiger partial charge is 0.244 e. The minimum absolute atomic E-state index is 0.0409. The van der Waals surface area contributed by atoms with Crippen LogP contribution in [0.4, 0.5) is 0 Å². The van der Waals surface area contributed by atoms with Crippen molar-refractivity contribution in [3.8, 4) is 0 Å². The van der Waals surface area contributed by atoms with Crippen LogP contribution in [0.1, 0.15) is 47.5 Å². The molecule has 4 nitrogen and oxygen atoms in total. The van der Waals surface area contributed by atoms with Crippen LogP contribution in [0.2, 0.25) is 0 Å². The highest BCUT2D eigenvalue weighted by Crippen LogP contribution is 2.17. The molecular formula is C14H26N2O2. The third-order valence-electron chi connectivity index (χ3n) is 3.37. The van der Waals surface area contributed by atoms with Crippen LogP contribution >= 0.6 is 0 Å². The van der Waals surface area contributed by atoms with Crippen LogP contribution in [0.5, 0.6) is 0 Å². The maximum atomic E-state index is 12.2. The molecule has 1 aliphatic heterocycles. The summed E-state index contributed by atoms with van der Waals surface area (Å²) in [5.74, 6) is 0.528. The van der Waals surface area contributed by atoms with Crippen LogP contribution in [-0.4, -0.2) is 35.8 Å². The second-order valence-corrected chi connectivity index (χ2v) is 6.48. The summed E-state index contributed by atoms with van der Waals surface area (Å²) in [6.45, 7) is 11.1. The van der Waals surface area contributed by atoms with Gasteiger partial charge in [-0.15, -0.1) is 0 Å². The zero-order valence-electron chi connectivity index (χ0n) is 12.2. The van der Waals surface area contributed by atoms with Gasteiger partial charge in [0.15, 0.2) is 0 Å². The second kappa shape index (κ2) is 5.72. The van der Waals surface area contributed by atoms with E-state index in [1.807, 2.05) is 25.7 Å². The molecule has 0 radical (unpaired) electrons. The van der Waals surface area contributed by atoms with E-state index in [4.69, 9.17) is 0 Å². The highest BCUT2D eigenvalue weighted by Gasteiger charge is 2.29. The third-order valence-corrected chi connectivity index (χ3v) is 3.37. The van der Waals surface area contributed by atoms with Crippen molar-refractivity contribution >= 4 is 11.8 Å². The summed E-state index contributed by atoms with van der Waals surface area (Å²) in [6.07, 6.45) is 2.25. The molecule has 0 bridgehead atoms. The van der Waals surface area contributed by atoms with E-state index < -0.39 is 11.5 Å². The van der Waals surface area contributed by atoms with Gasteiger partial charge in [0.05, 0.1) is 0 Å². The molecule has 0 aromatic heterocycles. The Morgan fingerprint density at radius 2 is 1.94 bits per heavy atom. The van der Waals surface area contributed by atoms with Crippen LogP contribution in [-0.2, 0) is 9.59 Å². The van der Waals surface area contributed by atoms with E-state index >= 15 is 0 Å². The number of carbonyl (C=O) groups excluding carboxylic acids is 2. The summed E-state index contributed by atoms with van der Waals surface area (Å²) in [5.41, 5.74) is -0.455. The Morgan fingerprint density at radius 3 is 2.44 bits per heavy atom. The zero-order chi connectivity index (χ0) is 13.9. The molecule has 2 atom stereocenters. The van der Waals surface area contributed by atoms with Gasteiger partial charge in [0.2, 0.25) is 11.8 Å². The Balaban J connectivity index is 2.53. The molecule has 0 aromatic carbocycles. The molecule has 1 N–H and O–H groups in total. The second-order valence-electron chi connectivity index (χ2n) is 6.48. The van der Waals surface area contributed by atoms with Crippen molar-refractivity contribution in [2.24, 2.45) is 11.3 Å². The summed E-state index contributed by atoms with van der Waals surface area (Å²) < 4.78 is 0. The Morgan fingerprint density at radius 1 is 1.33 bits per heavy atom. The van der Waals surface area contributed by atoms with Gasteiger partial charge in [-0.05, 0) is 25.7 Å². The lowest BCUT2D eigenvalue weighted by Gasteiger charge is -2.33. The first-order valence-electron chi connectivity index (χ1n) is 6.81. The predicted octanol–water partition coefficient (Wildman–Crippen LogP) is 1.80. The van der Waals surface area contributed by atoms with Gasteiger partial charge in [-0.2, -0.15) is 0 Å². The van der Waals surface area contributed by atoms with Gasteiger partial charge in [-0.3, -0.25) is 9.59 Å². The highest BCUT2D eigenvalue weighted by molar-refractivity contribution is 5.89. The van der Waals surface area contributed by atoms with Crippen LogP contribution in [0.3, 0.4) is 0 Å². The van der Waals surface area contributed by atoms with Gasteiger partial charge in [-0.25, -0.2) is 0 Å². The Kier molecular flexibility index (Phi) is 4.77. The molecule has 0 spiro atoms. The molecule has 0 aliphatic carbocycles. The van der Waals surface area contributed by atoms with Crippen LogP contribution in [0.25, 0.3) is 0 Å². The summed E-state index contributed by atoms with van der Waals surface area (Å²) in [5, 5.41) is 2.80. The first kappa shape index (κ1) is 15.0. The minimum atomic E-state index is -0.455. The third kappa shape index (κ3) is 4.00. The maximum absolute atomic E-state index is 12.2. The Hall–Kier alpha value is -1.06. The number of carbonyl (C=O) groups is 2. The molecule has 2 unspecified atom stereocenters. The average molecular weight is 254 g/mol. The molecule has 2 amide bonds. The molecule has 104 valence electrons. The molecule has 1 saturated heterocycles.